The van der Waals surface area contributed by atoms with Gasteiger partial charge in [-0.15, -0.1) is 0 Å². The summed E-state index contributed by atoms with van der Waals surface area (Å²) in [5.41, 5.74) is 0.109. The molecule has 0 bridgehead atoms. The molecule has 8 nitrogen and oxygen atoms in total. The van der Waals surface area contributed by atoms with E-state index in [9.17, 15) is 19.7 Å². The van der Waals surface area contributed by atoms with Crippen LogP contribution in [0.2, 0.25) is 0 Å². The van der Waals surface area contributed by atoms with Gasteiger partial charge in [0.2, 0.25) is 0 Å². The molecule has 21 heavy (non-hydrogen) atoms. The molecule has 0 unspecified atom stereocenters. The Morgan fingerprint density at radius 1 is 1.43 bits per heavy atom. The molecular formula is C13H17N3O5. The summed E-state index contributed by atoms with van der Waals surface area (Å²) in [7, 11) is 1.26. The van der Waals surface area contributed by atoms with Gasteiger partial charge in [0.05, 0.1) is 7.11 Å². The minimum atomic E-state index is -0.600. The molecule has 0 aliphatic heterocycles. The van der Waals surface area contributed by atoms with Crippen molar-refractivity contribution < 1.29 is 19.2 Å². The Balaban J connectivity index is 2.19. The Bertz CT molecular complexity index is 548. The number of hydrogen-bond donors (Lipinski definition) is 1. The number of amides is 1. The number of hydrogen-bond acceptors (Lipinski definition) is 5. The first-order valence-electron chi connectivity index (χ1n) is 6.74. The van der Waals surface area contributed by atoms with E-state index in [1.807, 2.05) is 0 Å². The molecule has 114 valence electrons. The van der Waals surface area contributed by atoms with Gasteiger partial charge in [0.15, 0.2) is 5.69 Å². The lowest BCUT2D eigenvalue weighted by molar-refractivity contribution is -0.389. The number of nitrogens with one attached hydrogen (secondary N) is 1. The molecule has 0 atom stereocenters. The number of aromatic amines is 1. The van der Waals surface area contributed by atoms with Crippen molar-refractivity contribution in [1.82, 2.24) is 9.88 Å². The predicted octanol–water partition coefficient (Wildman–Crippen LogP) is 1.48. The van der Waals surface area contributed by atoms with Crippen LogP contribution in [0.4, 0.5) is 5.82 Å². The summed E-state index contributed by atoms with van der Waals surface area (Å²) in [6.45, 7) is -0.146. The van der Waals surface area contributed by atoms with Crippen molar-refractivity contribution in [3.63, 3.8) is 0 Å². The molecule has 1 aliphatic carbocycles. The van der Waals surface area contributed by atoms with Crippen LogP contribution in [-0.4, -0.2) is 46.4 Å². The second-order valence-corrected chi connectivity index (χ2v) is 4.96. The van der Waals surface area contributed by atoms with Crippen LogP contribution >= 0.6 is 0 Å². The molecule has 1 aromatic heterocycles. The summed E-state index contributed by atoms with van der Waals surface area (Å²) in [6, 6.07) is 2.57. The highest BCUT2D eigenvalue weighted by Gasteiger charge is 2.31. The summed E-state index contributed by atoms with van der Waals surface area (Å²) >= 11 is 0. The number of H-pyrrole nitrogens is 1. The highest BCUT2D eigenvalue weighted by atomic mass is 16.6. The second-order valence-electron chi connectivity index (χ2n) is 4.96. The molecule has 0 saturated heterocycles. The van der Waals surface area contributed by atoms with Gasteiger partial charge >= 0.3 is 11.8 Å². The molecule has 1 saturated carbocycles. The smallest absolute Gasteiger partial charge is 0.325 e. The fraction of sp³-hybridized carbons (Fsp3) is 0.538. The highest BCUT2D eigenvalue weighted by molar-refractivity contribution is 5.95. The molecule has 1 amide bonds. The average molecular weight is 295 g/mol. The third-order valence-electron chi connectivity index (χ3n) is 3.65. The molecular weight excluding hydrogens is 278 g/mol. The van der Waals surface area contributed by atoms with E-state index >= 15 is 0 Å². The second kappa shape index (κ2) is 6.38. The van der Waals surface area contributed by atoms with Gasteiger partial charge < -0.3 is 19.8 Å². The van der Waals surface area contributed by atoms with Crippen LogP contribution in [0.5, 0.6) is 0 Å². The molecule has 1 aromatic rings. The third kappa shape index (κ3) is 3.39. The van der Waals surface area contributed by atoms with Crippen LogP contribution in [0.3, 0.4) is 0 Å². The number of rotatable bonds is 5. The van der Waals surface area contributed by atoms with Crippen LogP contribution in [0.25, 0.3) is 0 Å². The molecule has 0 radical (unpaired) electrons. The first-order chi connectivity index (χ1) is 10.0. The number of nitro groups is 1. The topological polar surface area (TPSA) is 106 Å². The summed E-state index contributed by atoms with van der Waals surface area (Å²) in [4.78, 5) is 37.9. The van der Waals surface area contributed by atoms with E-state index in [1.54, 1.807) is 0 Å². The Kier molecular flexibility index (Phi) is 4.56. The number of carbonyl (C=O) groups is 2. The molecule has 8 heteroatoms. The first kappa shape index (κ1) is 15.0. The van der Waals surface area contributed by atoms with Gasteiger partial charge in [-0.2, -0.15) is 0 Å². The minimum Gasteiger partial charge on any atom is -0.468 e. The first-order valence-corrected chi connectivity index (χ1v) is 6.74. The minimum absolute atomic E-state index is 0.0287. The number of esters is 1. The van der Waals surface area contributed by atoms with Crippen molar-refractivity contribution >= 4 is 17.7 Å². The number of nitrogens with zero attached hydrogens (tertiary/aromatic N) is 2. The fourth-order valence-electron chi connectivity index (χ4n) is 2.56. The lowest BCUT2D eigenvalue weighted by atomic mass is 10.2. The van der Waals surface area contributed by atoms with Crippen LogP contribution in [0.1, 0.15) is 36.2 Å². The van der Waals surface area contributed by atoms with E-state index in [4.69, 9.17) is 0 Å². The van der Waals surface area contributed by atoms with Crippen molar-refractivity contribution in [2.24, 2.45) is 0 Å². The Morgan fingerprint density at radius 2 is 2.10 bits per heavy atom. The normalized spacial score (nSPS) is 14.9. The quantitative estimate of drug-likeness (QED) is 0.503. The van der Waals surface area contributed by atoms with Gasteiger partial charge in [0.1, 0.15) is 6.54 Å². The average Bonchev–Trinajstić information content (AvgIpc) is 3.14. The molecule has 1 heterocycles. The number of carbonyl (C=O) groups excluding carboxylic acids is 2. The van der Waals surface area contributed by atoms with Gasteiger partial charge in [0, 0.05) is 12.1 Å². The molecule has 2 rings (SSSR count). The molecule has 0 spiro atoms. The van der Waals surface area contributed by atoms with Gasteiger partial charge in [-0.1, -0.05) is 12.8 Å². The van der Waals surface area contributed by atoms with Crippen molar-refractivity contribution in [2.75, 3.05) is 13.7 Å². The van der Waals surface area contributed by atoms with E-state index in [2.05, 4.69) is 9.72 Å². The zero-order valence-electron chi connectivity index (χ0n) is 11.7. The van der Waals surface area contributed by atoms with E-state index < -0.39 is 16.8 Å². The van der Waals surface area contributed by atoms with Gasteiger partial charge in [-0.05, 0) is 23.8 Å². The van der Waals surface area contributed by atoms with E-state index in [0.717, 1.165) is 25.7 Å². The van der Waals surface area contributed by atoms with Gasteiger partial charge in [0.25, 0.3) is 5.91 Å². The SMILES string of the molecule is COC(=O)CN(C(=O)c1ccc([N+](=O)[O-])[nH]1)C1CCCC1. The number of aromatic nitrogens is 1. The maximum atomic E-state index is 12.5. The Labute approximate surface area is 121 Å². The zero-order valence-corrected chi connectivity index (χ0v) is 11.7. The highest BCUT2D eigenvalue weighted by Crippen LogP contribution is 2.25. The monoisotopic (exact) mass is 295 g/mol. The van der Waals surface area contributed by atoms with Crippen molar-refractivity contribution in [3.8, 4) is 0 Å². The van der Waals surface area contributed by atoms with Crippen LogP contribution in [-0.2, 0) is 9.53 Å². The summed E-state index contributed by atoms with van der Waals surface area (Å²) < 4.78 is 4.62. The van der Waals surface area contributed by atoms with E-state index in [0.29, 0.717) is 0 Å². The Morgan fingerprint density at radius 3 is 2.62 bits per heavy atom. The maximum Gasteiger partial charge on any atom is 0.325 e. The molecule has 1 N–H and O–H groups in total. The summed E-state index contributed by atoms with van der Waals surface area (Å²) in [5, 5.41) is 10.7. The summed E-state index contributed by atoms with van der Waals surface area (Å²) in [5.74, 6) is -1.17. The van der Waals surface area contributed by atoms with Gasteiger partial charge in [-0.25, -0.2) is 4.98 Å². The van der Waals surface area contributed by atoms with Gasteiger partial charge in [-0.3, -0.25) is 9.59 Å². The van der Waals surface area contributed by atoms with E-state index in [1.165, 1.54) is 24.1 Å². The van der Waals surface area contributed by atoms with Crippen molar-refractivity contribution in [2.45, 2.75) is 31.7 Å². The molecule has 0 aromatic carbocycles. The standard InChI is InChI=1S/C13H17N3O5/c1-21-12(17)8-15(9-4-2-3-5-9)13(18)10-6-7-11(14-10)16(19)20/h6-7,9,14H,2-5,8H2,1H3. The fourth-order valence-corrected chi connectivity index (χ4v) is 2.56. The molecule has 1 fully saturated rings. The Hall–Kier alpha value is -2.38. The summed E-state index contributed by atoms with van der Waals surface area (Å²) in [6.07, 6.45) is 3.65. The van der Waals surface area contributed by atoms with Crippen LogP contribution in [0.15, 0.2) is 12.1 Å². The number of methoxy groups -OCH3 is 1. The predicted molar refractivity (Wildman–Crippen MR) is 72.8 cm³/mol. The largest absolute Gasteiger partial charge is 0.468 e. The zero-order chi connectivity index (χ0) is 15.4. The van der Waals surface area contributed by atoms with Crippen molar-refractivity contribution in [1.29, 1.82) is 0 Å². The maximum absolute atomic E-state index is 12.5. The van der Waals surface area contributed by atoms with Crippen LogP contribution < -0.4 is 0 Å². The van der Waals surface area contributed by atoms with E-state index in [-0.39, 0.29) is 24.1 Å². The van der Waals surface area contributed by atoms with Crippen molar-refractivity contribution in [3.05, 3.63) is 27.9 Å². The van der Waals surface area contributed by atoms with Crippen LogP contribution in [0, 0.1) is 10.1 Å². The third-order valence-corrected chi connectivity index (χ3v) is 3.65. The number of ether oxygens (including phenoxy) is 1. The molecule has 1 aliphatic rings. The lowest BCUT2D eigenvalue weighted by Gasteiger charge is -2.26. The lowest BCUT2D eigenvalue weighted by Crippen LogP contribution is -2.42.